The molecule has 0 fully saturated rings. The number of pyridine rings is 1. The number of ether oxygens (including phenoxy) is 1. The second kappa shape index (κ2) is 4.31. The molecule has 2 heterocycles. The van der Waals surface area contributed by atoms with Gasteiger partial charge in [-0.3, -0.25) is 0 Å². The van der Waals surface area contributed by atoms with Crippen LogP contribution in [-0.4, -0.2) is 32.6 Å². The van der Waals surface area contributed by atoms with Crippen molar-refractivity contribution < 1.29 is 9.53 Å². The van der Waals surface area contributed by atoms with Crippen LogP contribution in [0.3, 0.4) is 0 Å². The van der Waals surface area contributed by atoms with Crippen molar-refractivity contribution in [2.24, 2.45) is 0 Å². The second-order valence-electron chi connectivity index (χ2n) is 4.20. The van der Waals surface area contributed by atoms with Gasteiger partial charge < -0.3 is 4.74 Å². The molecule has 0 N–H and O–H groups in total. The van der Waals surface area contributed by atoms with Crippen LogP contribution in [-0.2, 0) is 4.74 Å². The molecule has 6 heteroatoms. The molecule has 0 aliphatic rings. The lowest BCUT2D eigenvalue weighted by molar-refractivity contribution is 0.0528. The number of fused-ring (bicyclic) bond motifs is 3. The van der Waals surface area contributed by atoms with E-state index in [1.54, 1.807) is 17.5 Å². The number of nitrogens with zero attached hydrogens (tertiary/aromatic N) is 4. The molecule has 0 saturated carbocycles. The zero-order valence-electron chi connectivity index (χ0n) is 10.6. The van der Waals surface area contributed by atoms with E-state index >= 15 is 0 Å². The van der Waals surface area contributed by atoms with Crippen molar-refractivity contribution in [2.45, 2.75) is 13.8 Å². The maximum absolute atomic E-state index is 12.0. The molecule has 0 saturated heterocycles. The minimum absolute atomic E-state index is 0.318. The molecule has 0 unspecified atom stereocenters. The summed E-state index contributed by atoms with van der Waals surface area (Å²) in [5.74, 6) is -0.410. The zero-order chi connectivity index (χ0) is 13.4. The molecule has 6 nitrogen and oxygen atoms in total. The summed E-state index contributed by atoms with van der Waals surface area (Å²) in [6.45, 7) is 4.06. The Kier molecular flexibility index (Phi) is 2.63. The lowest BCUT2D eigenvalue weighted by atomic mass is 10.1. The van der Waals surface area contributed by atoms with Crippen molar-refractivity contribution in [3.05, 3.63) is 35.4 Å². The smallest absolute Gasteiger partial charge is 0.342 e. The predicted molar refractivity (Wildman–Crippen MR) is 69.0 cm³/mol. The van der Waals surface area contributed by atoms with E-state index < -0.39 is 5.97 Å². The summed E-state index contributed by atoms with van der Waals surface area (Å²) in [7, 11) is 0. The Morgan fingerprint density at radius 3 is 3.05 bits per heavy atom. The van der Waals surface area contributed by atoms with Crippen molar-refractivity contribution >= 4 is 22.5 Å². The number of hydrogen-bond acceptors (Lipinski definition) is 5. The number of aryl methyl sites for hydroxylation is 1. The van der Waals surface area contributed by atoms with Gasteiger partial charge in [-0.2, -0.15) is 4.52 Å². The SMILES string of the molecule is CCOC(=O)c1cc2c(C)cccc2n2nnnc12. The molecule has 19 heavy (non-hydrogen) atoms. The molecule has 3 aromatic rings. The summed E-state index contributed by atoms with van der Waals surface area (Å²) in [5, 5.41) is 12.4. The number of rotatable bonds is 2. The van der Waals surface area contributed by atoms with Crippen LogP contribution in [0.2, 0.25) is 0 Å². The molecule has 0 amide bonds. The van der Waals surface area contributed by atoms with Crippen LogP contribution in [0.4, 0.5) is 0 Å². The summed E-state index contributed by atoms with van der Waals surface area (Å²) < 4.78 is 6.61. The average molecular weight is 256 g/mol. The maximum Gasteiger partial charge on any atom is 0.342 e. The summed E-state index contributed by atoms with van der Waals surface area (Å²) >= 11 is 0. The highest BCUT2D eigenvalue weighted by molar-refractivity contribution is 6.00. The van der Waals surface area contributed by atoms with Gasteiger partial charge in [0.25, 0.3) is 0 Å². The summed E-state index contributed by atoms with van der Waals surface area (Å²) in [6, 6.07) is 7.62. The van der Waals surface area contributed by atoms with Crippen molar-refractivity contribution in [2.75, 3.05) is 6.61 Å². The molecule has 0 bridgehead atoms. The van der Waals surface area contributed by atoms with Gasteiger partial charge in [0.1, 0.15) is 5.56 Å². The number of hydrogen-bond donors (Lipinski definition) is 0. The Balaban J connectivity index is 2.39. The Bertz CT molecular complexity index is 779. The van der Waals surface area contributed by atoms with Crippen molar-refractivity contribution in [3.63, 3.8) is 0 Å². The monoisotopic (exact) mass is 256 g/mol. The Hall–Kier alpha value is -2.50. The number of benzene rings is 1. The molecular formula is C13H12N4O2. The molecule has 0 radical (unpaired) electrons. The number of carbonyl (C=O) groups is 1. The largest absolute Gasteiger partial charge is 0.462 e. The van der Waals surface area contributed by atoms with Crippen molar-refractivity contribution in [3.8, 4) is 0 Å². The molecule has 0 aliphatic heterocycles. The van der Waals surface area contributed by atoms with E-state index in [0.717, 1.165) is 16.5 Å². The van der Waals surface area contributed by atoms with Crippen LogP contribution in [0.5, 0.6) is 0 Å². The van der Waals surface area contributed by atoms with Crippen LogP contribution < -0.4 is 0 Å². The number of esters is 1. The average Bonchev–Trinajstić information content (AvgIpc) is 2.88. The normalized spacial score (nSPS) is 11.1. The van der Waals surface area contributed by atoms with E-state index in [4.69, 9.17) is 4.74 Å². The summed E-state index contributed by atoms with van der Waals surface area (Å²) in [6.07, 6.45) is 0. The van der Waals surface area contributed by atoms with Crippen molar-refractivity contribution in [1.29, 1.82) is 0 Å². The van der Waals surface area contributed by atoms with Crippen LogP contribution in [0.15, 0.2) is 24.3 Å². The van der Waals surface area contributed by atoms with Gasteiger partial charge in [-0.25, -0.2) is 4.79 Å². The van der Waals surface area contributed by atoms with Crippen LogP contribution in [0, 0.1) is 6.92 Å². The minimum atomic E-state index is -0.410. The van der Waals surface area contributed by atoms with E-state index in [1.807, 2.05) is 25.1 Å². The molecule has 0 atom stereocenters. The van der Waals surface area contributed by atoms with Gasteiger partial charge in [-0.1, -0.05) is 12.1 Å². The number of tetrazole rings is 1. The first-order valence-corrected chi connectivity index (χ1v) is 6.00. The van der Waals surface area contributed by atoms with E-state index in [0.29, 0.717) is 17.8 Å². The third-order valence-corrected chi connectivity index (χ3v) is 3.02. The summed E-state index contributed by atoms with van der Waals surface area (Å²) in [4.78, 5) is 12.0. The maximum atomic E-state index is 12.0. The highest BCUT2D eigenvalue weighted by Gasteiger charge is 2.17. The van der Waals surface area contributed by atoms with E-state index in [1.165, 1.54) is 0 Å². The topological polar surface area (TPSA) is 69.4 Å². The lowest BCUT2D eigenvalue weighted by Gasteiger charge is -2.07. The Morgan fingerprint density at radius 1 is 1.42 bits per heavy atom. The quantitative estimate of drug-likeness (QED) is 0.653. The molecular weight excluding hydrogens is 244 g/mol. The summed E-state index contributed by atoms with van der Waals surface area (Å²) in [5.41, 5.74) is 2.72. The van der Waals surface area contributed by atoms with Crippen molar-refractivity contribution in [1.82, 2.24) is 20.0 Å². The van der Waals surface area contributed by atoms with Gasteiger partial charge in [-0.15, -0.1) is 5.10 Å². The van der Waals surface area contributed by atoms with Gasteiger partial charge in [0, 0.05) is 5.39 Å². The van der Waals surface area contributed by atoms with Gasteiger partial charge in [-0.05, 0) is 42.0 Å². The lowest BCUT2D eigenvalue weighted by Crippen LogP contribution is -2.08. The first kappa shape index (κ1) is 11.6. The van der Waals surface area contributed by atoms with E-state index in [-0.39, 0.29) is 0 Å². The van der Waals surface area contributed by atoms with Crippen LogP contribution in [0.1, 0.15) is 22.8 Å². The van der Waals surface area contributed by atoms with Gasteiger partial charge >= 0.3 is 5.97 Å². The second-order valence-corrected chi connectivity index (χ2v) is 4.20. The third-order valence-electron chi connectivity index (χ3n) is 3.02. The minimum Gasteiger partial charge on any atom is -0.462 e. The van der Waals surface area contributed by atoms with Gasteiger partial charge in [0.2, 0.25) is 0 Å². The standard InChI is InChI=1S/C13H12N4O2/c1-3-19-13(18)10-7-9-8(2)5-4-6-11(9)17-12(10)14-15-16-17/h4-7H,3H2,1-2H3. The van der Waals surface area contributed by atoms with E-state index in [2.05, 4.69) is 15.5 Å². The zero-order valence-corrected chi connectivity index (χ0v) is 10.6. The first-order valence-electron chi connectivity index (χ1n) is 6.00. The predicted octanol–water partition coefficient (Wildman–Crippen LogP) is 1.76. The van der Waals surface area contributed by atoms with E-state index in [9.17, 15) is 4.79 Å². The molecule has 2 aromatic heterocycles. The molecule has 96 valence electrons. The first-order chi connectivity index (χ1) is 9.22. The number of carbonyl (C=O) groups excluding carboxylic acids is 1. The molecule has 0 spiro atoms. The third kappa shape index (κ3) is 1.72. The van der Waals surface area contributed by atoms with Crippen LogP contribution in [0.25, 0.3) is 16.6 Å². The Morgan fingerprint density at radius 2 is 2.26 bits per heavy atom. The van der Waals surface area contributed by atoms with Gasteiger partial charge in [0.05, 0.1) is 12.1 Å². The van der Waals surface area contributed by atoms with Gasteiger partial charge in [0.15, 0.2) is 5.65 Å². The number of aromatic nitrogens is 4. The fraction of sp³-hybridized carbons (Fsp3) is 0.231. The molecule has 1 aromatic carbocycles. The van der Waals surface area contributed by atoms with Crippen LogP contribution >= 0.6 is 0 Å². The fourth-order valence-corrected chi connectivity index (χ4v) is 2.12. The molecule has 3 rings (SSSR count). The molecule has 0 aliphatic carbocycles. The highest BCUT2D eigenvalue weighted by atomic mass is 16.5. The fourth-order valence-electron chi connectivity index (χ4n) is 2.12. The Labute approximate surface area is 109 Å². The highest BCUT2D eigenvalue weighted by Crippen LogP contribution is 2.22.